The van der Waals surface area contributed by atoms with Gasteiger partial charge in [0, 0.05) is 18.5 Å². The zero-order chi connectivity index (χ0) is 15.9. The summed E-state index contributed by atoms with van der Waals surface area (Å²) < 4.78 is 19.2. The molecule has 2 aliphatic rings. The van der Waals surface area contributed by atoms with Crippen molar-refractivity contribution in [2.45, 2.75) is 31.3 Å². The van der Waals surface area contributed by atoms with Gasteiger partial charge in [0.15, 0.2) is 0 Å². The van der Waals surface area contributed by atoms with E-state index in [-0.39, 0.29) is 17.7 Å². The molecule has 4 atom stereocenters. The second-order valence-corrected chi connectivity index (χ2v) is 7.19. The highest BCUT2D eigenvalue weighted by atomic mass is 19.1. The highest BCUT2D eigenvalue weighted by Gasteiger charge is 2.55. The number of benzene rings is 1. The fourth-order valence-electron chi connectivity index (χ4n) is 4.46. The lowest BCUT2D eigenvalue weighted by Gasteiger charge is -2.56. The maximum Gasteiger partial charge on any atom is 0.127 e. The van der Waals surface area contributed by atoms with Crippen molar-refractivity contribution < 1.29 is 14.2 Å². The Morgan fingerprint density at radius 3 is 2.55 bits per heavy atom. The molecule has 0 bridgehead atoms. The first kappa shape index (κ1) is 15.8. The van der Waals surface area contributed by atoms with E-state index >= 15 is 0 Å². The molecule has 0 spiro atoms. The van der Waals surface area contributed by atoms with Crippen LogP contribution in [-0.2, 0) is 5.60 Å². The predicted octanol–water partition coefficient (Wildman–Crippen LogP) is 3.02. The normalized spacial score (nSPS) is 34.2. The fraction of sp³-hybridized carbons (Fsp3) is 0.667. The Labute approximate surface area is 132 Å². The third kappa shape index (κ3) is 2.52. The van der Waals surface area contributed by atoms with Crippen molar-refractivity contribution in [3.05, 3.63) is 29.6 Å². The Morgan fingerprint density at radius 2 is 1.95 bits per heavy atom. The number of nitrogens with zero attached hydrogens (tertiary/aromatic N) is 1. The van der Waals surface area contributed by atoms with Gasteiger partial charge in [-0.3, -0.25) is 0 Å². The van der Waals surface area contributed by atoms with Crippen molar-refractivity contribution >= 4 is 0 Å². The molecule has 122 valence electrons. The highest BCUT2D eigenvalue weighted by Crippen LogP contribution is 2.57. The van der Waals surface area contributed by atoms with Crippen molar-refractivity contribution in [2.75, 3.05) is 27.7 Å². The summed E-state index contributed by atoms with van der Waals surface area (Å²) in [6.45, 7) is 0.818. The van der Waals surface area contributed by atoms with Crippen LogP contribution >= 0.6 is 0 Å². The van der Waals surface area contributed by atoms with Crippen LogP contribution in [0.25, 0.3) is 0 Å². The molecule has 1 aromatic rings. The van der Waals surface area contributed by atoms with Crippen LogP contribution in [0.3, 0.4) is 0 Å². The molecular weight excluding hydrogens is 281 g/mol. The van der Waals surface area contributed by atoms with E-state index < -0.39 is 5.60 Å². The number of methoxy groups -OCH3 is 1. The first-order valence-corrected chi connectivity index (χ1v) is 8.17. The topological polar surface area (TPSA) is 32.7 Å². The first-order valence-electron chi connectivity index (χ1n) is 8.17. The van der Waals surface area contributed by atoms with E-state index in [4.69, 9.17) is 4.74 Å². The Bertz CT molecular complexity index is 548. The molecule has 0 amide bonds. The molecule has 2 saturated carbocycles. The van der Waals surface area contributed by atoms with Crippen LogP contribution in [0.2, 0.25) is 0 Å². The molecule has 22 heavy (non-hydrogen) atoms. The highest BCUT2D eigenvalue weighted by molar-refractivity contribution is 5.35. The molecule has 1 aromatic carbocycles. The van der Waals surface area contributed by atoms with Crippen LogP contribution in [0, 0.1) is 23.6 Å². The number of halogens is 1. The van der Waals surface area contributed by atoms with Crippen molar-refractivity contribution in [2.24, 2.45) is 17.8 Å². The summed E-state index contributed by atoms with van der Waals surface area (Å²) >= 11 is 0. The van der Waals surface area contributed by atoms with E-state index in [9.17, 15) is 9.50 Å². The molecular formula is C18H26FNO2. The van der Waals surface area contributed by atoms with Gasteiger partial charge in [0.05, 0.1) is 12.7 Å². The summed E-state index contributed by atoms with van der Waals surface area (Å²) in [6.07, 6.45) is 4.39. The first-order chi connectivity index (χ1) is 10.4. The van der Waals surface area contributed by atoms with Gasteiger partial charge in [-0.25, -0.2) is 4.39 Å². The van der Waals surface area contributed by atoms with Gasteiger partial charge >= 0.3 is 0 Å². The zero-order valence-electron chi connectivity index (χ0n) is 13.7. The quantitative estimate of drug-likeness (QED) is 0.928. The van der Waals surface area contributed by atoms with Gasteiger partial charge in [0.25, 0.3) is 0 Å². The van der Waals surface area contributed by atoms with Crippen molar-refractivity contribution in [3.63, 3.8) is 0 Å². The average molecular weight is 307 g/mol. The summed E-state index contributed by atoms with van der Waals surface area (Å²) in [7, 11) is 5.59. The molecule has 0 aromatic heterocycles. The lowest BCUT2D eigenvalue weighted by Crippen LogP contribution is -2.55. The minimum atomic E-state index is -0.944. The summed E-state index contributed by atoms with van der Waals surface area (Å²) in [5, 5.41) is 11.6. The van der Waals surface area contributed by atoms with Crippen LogP contribution in [0.5, 0.6) is 5.75 Å². The van der Waals surface area contributed by atoms with Crippen LogP contribution < -0.4 is 4.74 Å². The SMILES string of the molecule is COc1cc(F)cc(C2(O)C(CN(C)C)CCC3CCC32)c1. The minimum Gasteiger partial charge on any atom is -0.497 e. The number of rotatable bonds is 4. The molecule has 1 N–H and O–H groups in total. The zero-order valence-corrected chi connectivity index (χ0v) is 13.7. The summed E-state index contributed by atoms with van der Waals surface area (Å²) in [4.78, 5) is 2.12. The minimum absolute atomic E-state index is 0.135. The van der Waals surface area contributed by atoms with E-state index in [0.29, 0.717) is 17.2 Å². The molecule has 2 fully saturated rings. The fourth-order valence-corrected chi connectivity index (χ4v) is 4.46. The standard InChI is InChI=1S/C18H26FNO2/c1-20(2)11-13-6-4-12-5-7-17(12)18(13,21)14-8-15(19)10-16(9-14)22-3/h8-10,12-13,17,21H,4-7,11H2,1-3H3. The van der Waals surface area contributed by atoms with Crippen LogP contribution in [-0.4, -0.2) is 37.8 Å². The number of hydrogen-bond donors (Lipinski definition) is 1. The van der Waals surface area contributed by atoms with E-state index in [0.717, 1.165) is 19.4 Å². The van der Waals surface area contributed by atoms with Gasteiger partial charge < -0.3 is 14.7 Å². The number of hydrogen-bond acceptors (Lipinski definition) is 3. The maximum atomic E-state index is 14.0. The van der Waals surface area contributed by atoms with Gasteiger partial charge in [-0.05, 0) is 69.3 Å². The lowest BCUT2D eigenvalue weighted by molar-refractivity contribution is -0.163. The summed E-state index contributed by atoms with van der Waals surface area (Å²) in [5.41, 5.74) is -0.258. The number of fused-ring (bicyclic) bond motifs is 1. The predicted molar refractivity (Wildman–Crippen MR) is 84.3 cm³/mol. The molecule has 3 rings (SSSR count). The molecule has 0 aliphatic heterocycles. The Balaban J connectivity index is 2.02. The van der Waals surface area contributed by atoms with Crippen LogP contribution in [0.4, 0.5) is 4.39 Å². The van der Waals surface area contributed by atoms with Crippen LogP contribution in [0.15, 0.2) is 18.2 Å². The van der Waals surface area contributed by atoms with Gasteiger partial charge in [-0.15, -0.1) is 0 Å². The van der Waals surface area contributed by atoms with E-state index in [2.05, 4.69) is 4.90 Å². The second kappa shape index (κ2) is 5.82. The monoisotopic (exact) mass is 307 g/mol. The van der Waals surface area contributed by atoms with E-state index in [1.54, 1.807) is 0 Å². The second-order valence-electron chi connectivity index (χ2n) is 7.19. The third-order valence-electron chi connectivity index (χ3n) is 5.65. The Hall–Kier alpha value is -1.13. The molecule has 4 unspecified atom stereocenters. The maximum absolute atomic E-state index is 14.0. The smallest absolute Gasteiger partial charge is 0.127 e. The molecule has 0 heterocycles. The number of aliphatic hydroxyl groups is 1. The van der Waals surface area contributed by atoms with Gasteiger partial charge in [-0.2, -0.15) is 0 Å². The summed E-state index contributed by atoms with van der Waals surface area (Å²) in [5.74, 6) is 1.10. The van der Waals surface area contributed by atoms with E-state index in [1.807, 2.05) is 20.2 Å². The molecule has 3 nitrogen and oxygen atoms in total. The number of ether oxygens (including phenoxy) is 1. The largest absolute Gasteiger partial charge is 0.497 e. The summed E-state index contributed by atoms with van der Waals surface area (Å²) in [6, 6.07) is 4.67. The lowest BCUT2D eigenvalue weighted by atomic mass is 9.53. The van der Waals surface area contributed by atoms with Gasteiger partial charge in [0.2, 0.25) is 0 Å². The molecule has 4 heteroatoms. The Kier molecular flexibility index (Phi) is 4.17. The van der Waals surface area contributed by atoms with Gasteiger partial charge in [-0.1, -0.05) is 0 Å². The Morgan fingerprint density at radius 1 is 1.23 bits per heavy atom. The van der Waals surface area contributed by atoms with E-state index in [1.165, 1.54) is 32.1 Å². The van der Waals surface area contributed by atoms with Crippen LogP contribution in [0.1, 0.15) is 31.2 Å². The molecule has 2 aliphatic carbocycles. The van der Waals surface area contributed by atoms with Gasteiger partial charge in [0.1, 0.15) is 11.6 Å². The van der Waals surface area contributed by atoms with Crippen molar-refractivity contribution in [3.8, 4) is 5.75 Å². The third-order valence-corrected chi connectivity index (χ3v) is 5.65. The average Bonchev–Trinajstić information content (AvgIpc) is 2.42. The molecule has 0 saturated heterocycles. The van der Waals surface area contributed by atoms with Crippen molar-refractivity contribution in [1.29, 1.82) is 0 Å². The molecule has 0 radical (unpaired) electrons. The van der Waals surface area contributed by atoms with Crippen molar-refractivity contribution in [1.82, 2.24) is 4.90 Å².